The maximum absolute atomic E-state index is 13.0. The van der Waals surface area contributed by atoms with Crippen LogP contribution in [-0.2, 0) is 9.84 Å². The maximum atomic E-state index is 13.0. The SMILES string of the molecule is N#CC(C#N)=C1C=C(c2ccccc2)S(=O)(=O)C(c2ccsc2)=C1. The van der Waals surface area contributed by atoms with E-state index in [4.69, 9.17) is 10.5 Å². The molecule has 0 radical (unpaired) electrons. The molecule has 1 aromatic heterocycles. The number of rotatable bonds is 2. The number of benzene rings is 1. The average Bonchev–Trinajstić information content (AvgIpc) is 3.11. The summed E-state index contributed by atoms with van der Waals surface area (Å²) in [7, 11) is -3.75. The van der Waals surface area contributed by atoms with E-state index in [0.29, 0.717) is 16.7 Å². The van der Waals surface area contributed by atoms with Crippen molar-refractivity contribution >= 4 is 31.0 Å². The molecule has 2 aromatic rings. The Morgan fingerprint density at radius 1 is 0.917 bits per heavy atom. The predicted molar refractivity (Wildman–Crippen MR) is 93.9 cm³/mol. The molecule has 6 heteroatoms. The van der Waals surface area contributed by atoms with Gasteiger partial charge in [-0.15, -0.1) is 0 Å². The molecule has 2 heterocycles. The van der Waals surface area contributed by atoms with Crippen LogP contribution in [0.4, 0.5) is 0 Å². The minimum absolute atomic E-state index is 0.0878. The minimum atomic E-state index is -3.75. The molecule has 3 rings (SSSR count). The van der Waals surface area contributed by atoms with Gasteiger partial charge in [-0.1, -0.05) is 30.3 Å². The molecule has 0 aliphatic carbocycles. The molecule has 24 heavy (non-hydrogen) atoms. The van der Waals surface area contributed by atoms with Crippen LogP contribution in [-0.4, -0.2) is 8.42 Å². The number of nitrogens with zero attached hydrogens (tertiary/aromatic N) is 2. The molecule has 4 nitrogen and oxygen atoms in total. The first-order valence-electron chi connectivity index (χ1n) is 6.89. The molecule has 0 N–H and O–H groups in total. The first kappa shape index (κ1) is 15.9. The molecule has 0 atom stereocenters. The summed E-state index contributed by atoms with van der Waals surface area (Å²) in [5.41, 5.74) is 1.25. The average molecular weight is 350 g/mol. The van der Waals surface area contributed by atoms with Gasteiger partial charge in [-0.2, -0.15) is 21.9 Å². The highest BCUT2D eigenvalue weighted by Gasteiger charge is 2.30. The summed E-state index contributed by atoms with van der Waals surface area (Å²) in [6.07, 6.45) is 2.79. The number of allylic oxidation sites excluding steroid dienone is 4. The molecule has 0 unspecified atom stereocenters. The first-order chi connectivity index (χ1) is 11.6. The Hall–Kier alpha value is -2.93. The van der Waals surface area contributed by atoms with Gasteiger partial charge in [0.05, 0.1) is 9.81 Å². The van der Waals surface area contributed by atoms with E-state index in [1.165, 1.54) is 23.5 Å². The van der Waals surface area contributed by atoms with Crippen LogP contribution in [0, 0.1) is 22.7 Å². The highest BCUT2D eigenvalue weighted by Crippen LogP contribution is 2.39. The van der Waals surface area contributed by atoms with Gasteiger partial charge in [-0.25, -0.2) is 8.42 Å². The Kier molecular flexibility index (Phi) is 4.18. The molecule has 0 fully saturated rings. The summed E-state index contributed by atoms with van der Waals surface area (Å²) in [6.45, 7) is 0. The zero-order valence-corrected chi connectivity index (χ0v) is 13.9. The van der Waals surface area contributed by atoms with E-state index in [2.05, 4.69) is 0 Å². The van der Waals surface area contributed by atoms with Crippen molar-refractivity contribution in [3.63, 3.8) is 0 Å². The lowest BCUT2D eigenvalue weighted by Crippen LogP contribution is -2.10. The predicted octanol–water partition coefficient (Wildman–Crippen LogP) is 3.90. The van der Waals surface area contributed by atoms with Crippen LogP contribution in [0.25, 0.3) is 9.81 Å². The molecule has 0 amide bonds. The topological polar surface area (TPSA) is 81.7 Å². The lowest BCUT2D eigenvalue weighted by molar-refractivity contribution is 0.614. The lowest BCUT2D eigenvalue weighted by atomic mass is 10.1. The van der Waals surface area contributed by atoms with Gasteiger partial charge in [0, 0.05) is 11.1 Å². The van der Waals surface area contributed by atoms with Crippen molar-refractivity contribution < 1.29 is 8.42 Å². The van der Waals surface area contributed by atoms with Gasteiger partial charge < -0.3 is 0 Å². The number of sulfone groups is 1. The Morgan fingerprint density at radius 2 is 1.54 bits per heavy atom. The number of hydrogen-bond acceptors (Lipinski definition) is 5. The lowest BCUT2D eigenvalue weighted by Gasteiger charge is -2.17. The number of thiophene rings is 1. The summed E-state index contributed by atoms with van der Waals surface area (Å²) in [5, 5.41) is 21.8. The van der Waals surface area contributed by atoms with Crippen molar-refractivity contribution in [2.24, 2.45) is 0 Å². The minimum Gasteiger partial charge on any atom is -0.218 e. The van der Waals surface area contributed by atoms with Crippen LogP contribution in [0.15, 0.2) is 70.5 Å². The molecular weight excluding hydrogens is 340 g/mol. The summed E-state index contributed by atoms with van der Waals surface area (Å²) >= 11 is 1.38. The highest BCUT2D eigenvalue weighted by molar-refractivity contribution is 8.09. The second kappa shape index (κ2) is 6.29. The van der Waals surface area contributed by atoms with E-state index in [-0.39, 0.29) is 15.4 Å². The van der Waals surface area contributed by atoms with E-state index in [9.17, 15) is 8.42 Å². The fourth-order valence-corrected chi connectivity index (χ4v) is 4.80. The van der Waals surface area contributed by atoms with Crippen LogP contribution >= 0.6 is 11.3 Å². The normalized spacial score (nSPS) is 15.7. The second-order valence-corrected chi connectivity index (χ2v) is 7.62. The maximum Gasteiger partial charge on any atom is 0.207 e. The van der Waals surface area contributed by atoms with Gasteiger partial charge in [0.1, 0.15) is 17.7 Å². The number of hydrogen-bond donors (Lipinski definition) is 0. The third-order valence-electron chi connectivity index (χ3n) is 3.53. The summed E-state index contributed by atoms with van der Waals surface area (Å²) in [5.74, 6) is 0. The van der Waals surface area contributed by atoms with Crippen molar-refractivity contribution in [1.82, 2.24) is 0 Å². The summed E-state index contributed by atoms with van der Waals surface area (Å²) in [4.78, 5) is 0.188. The molecule has 0 saturated heterocycles. The monoisotopic (exact) mass is 350 g/mol. The van der Waals surface area contributed by atoms with Gasteiger partial charge in [0.15, 0.2) is 0 Å². The quantitative estimate of drug-likeness (QED) is 0.769. The number of nitriles is 2. The van der Waals surface area contributed by atoms with Crippen LogP contribution in [0.3, 0.4) is 0 Å². The Balaban J connectivity index is 2.33. The molecule has 116 valence electrons. The molecule has 0 saturated carbocycles. The van der Waals surface area contributed by atoms with Crippen molar-refractivity contribution in [3.05, 3.63) is 81.6 Å². The van der Waals surface area contributed by atoms with E-state index in [0.717, 1.165) is 0 Å². The molecular formula is C18H10N2O2S2. The fraction of sp³-hybridized carbons (Fsp3) is 0. The Bertz CT molecular complexity index is 1040. The van der Waals surface area contributed by atoms with Crippen molar-refractivity contribution in [3.8, 4) is 12.1 Å². The van der Waals surface area contributed by atoms with E-state index < -0.39 is 9.84 Å². The van der Waals surface area contributed by atoms with Crippen LogP contribution in [0.5, 0.6) is 0 Å². The first-order valence-corrected chi connectivity index (χ1v) is 9.31. The molecule has 1 aliphatic rings. The second-order valence-electron chi connectivity index (χ2n) is 4.95. The third-order valence-corrected chi connectivity index (χ3v) is 6.08. The van der Waals surface area contributed by atoms with Crippen LogP contribution < -0.4 is 0 Å². The fourth-order valence-electron chi connectivity index (χ4n) is 2.38. The largest absolute Gasteiger partial charge is 0.218 e. The zero-order valence-electron chi connectivity index (χ0n) is 12.3. The van der Waals surface area contributed by atoms with E-state index in [1.807, 2.05) is 12.1 Å². The van der Waals surface area contributed by atoms with Gasteiger partial charge >= 0.3 is 0 Å². The van der Waals surface area contributed by atoms with Gasteiger partial charge in [-0.05, 0) is 34.5 Å². The zero-order chi connectivity index (χ0) is 17.2. The van der Waals surface area contributed by atoms with Crippen LogP contribution in [0.2, 0.25) is 0 Å². The van der Waals surface area contributed by atoms with Crippen LogP contribution in [0.1, 0.15) is 11.1 Å². The van der Waals surface area contributed by atoms with E-state index >= 15 is 0 Å². The molecule has 1 aliphatic heterocycles. The summed E-state index contributed by atoms with van der Waals surface area (Å²) < 4.78 is 26.1. The van der Waals surface area contributed by atoms with Gasteiger partial charge in [-0.3, -0.25) is 0 Å². The summed E-state index contributed by atoms with van der Waals surface area (Å²) in [6, 6.07) is 14.0. The Morgan fingerprint density at radius 3 is 2.08 bits per heavy atom. The standard InChI is InChI=1S/C18H10N2O2S2/c19-10-16(11-20)15-8-17(13-4-2-1-3-5-13)24(21,22)18(9-15)14-6-7-23-12-14/h1-9,12H. The van der Waals surface area contributed by atoms with E-state index in [1.54, 1.807) is 47.2 Å². The third kappa shape index (κ3) is 2.69. The van der Waals surface area contributed by atoms with Gasteiger partial charge in [0.25, 0.3) is 0 Å². The highest BCUT2D eigenvalue weighted by atomic mass is 32.2. The van der Waals surface area contributed by atoms with Crippen molar-refractivity contribution in [2.75, 3.05) is 0 Å². The van der Waals surface area contributed by atoms with Crippen molar-refractivity contribution in [2.45, 2.75) is 0 Å². The molecule has 1 aromatic carbocycles. The molecule has 0 bridgehead atoms. The van der Waals surface area contributed by atoms with Gasteiger partial charge in [0.2, 0.25) is 9.84 Å². The smallest absolute Gasteiger partial charge is 0.207 e. The molecule has 0 spiro atoms. The van der Waals surface area contributed by atoms with Crippen molar-refractivity contribution in [1.29, 1.82) is 10.5 Å². The Labute approximate surface area is 143 Å².